The summed E-state index contributed by atoms with van der Waals surface area (Å²) in [5, 5.41) is 20.3. The van der Waals surface area contributed by atoms with Gasteiger partial charge in [0.1, 0.15) is 0 Å². The number of rotatable bonds is 1. The molecule has 0 fully saturated rings. The van der Waals surface area contributed by atoms with Crippen molar-refractivity contribution in [3.63, 3.8) is 0 Å². The highest BCUT2D eigenvalue weighted by atomic mass is 35.5. The summed E-state index contributed by atoms with van der Waals surface area (Å²) in [6.45, 7) is 0. The Morgan fingerprint density at radius 2 is 2.00 bits per heavy atom. The molecule has 0 aliphatic heterocycles. The quantitative estimate of drug-likeness (QED) is 0.617. The second-order valence-electron chi connectivity index (χ2n) is 3.22. The molecule has 1 heterocycles. The van der Waals surface area contributed by atoms with Crippen LogP contribution in [0, 0.1) is 10.1 Å². The minimum atomic E-state index is -0.980. The molecular formula is C9H4Cl2N2O4. The van der Waals surface area contributed by atoms with Gasteiger partial charge in [-0.15, -0.1) is 0 Å². The van der Waals surface area contributed by atoms with E-state index in [4.69, 9.17) is 23.2 Å². The Balaban J connectivity index is 3.09. The second-order valence-corrected chi connectivity index (χ2v) is 4.06. The maximum atomic E-state index is 11.3. The highest BCUT2D eigenvalue weighted by Crippen LogP contribution is 2.36. The third kappa shape index (κ3) is 1.81. The number of fused-ring (bicyclic) bond motifs is 1. The first-order valence-electron chi connectivity index (χ1n) is 4.30. The summed E-state index contributed by atoms with van der Waals surface area (Å²) in [7, 11) is 0. The Bertz CT molecular complexity index is 695. The molecule has 0 amide bonds. The van der Waals surface area contributed by atoms with Gasteiger partial charge >= 0.3 is 5.69 Å². The second kappa shape index (κ2) is 3.90. The zero-order valence-electron chi connectivity index (χ0n) is 8.03. The molecule has 0 aliphatic rings. The van der Waals surface area contributed by atoms with Crippen molar-refractivity contribution in [1.29, 1.82) is 0 Å². The van der Waals surface area contributed by atoms with Gasteiger partial charge in [0, 0.05) is 5.02 Å². The molecule has 8 heteroatoms. The molecule has 6 nitrogen and oxygen atoms in total. The van der Waals surface area contributed by atoms with Crippen LogP contribution in [0.1, 0.15) is 0 Å². The van der Waals surface area contributed by atoms with Crippen LogP contribution < -0.4 is 5.56 Å². The Labute approximate surface area is 104 Å². The van der Waals surface area contributed by atoms with Crippen LogP contribution in [0.3, 0.4) is 0 Å². The van der Waals surface area contributed by atoms with Crippen LogP contribution in [0.25, 0.3) is 10.9 Å². The lowest BCUT2D eigenvalue weighted by Crippen LogP contribution is -2.08. The predicted molar refractivity (Wildman–Crippen MR) is 62.9 cm³/mol. The maximum Gasteiger partial charge on any atom is 0.327 e. The molecule has 0 aliphatic carbocycles. The fourth-order valence-corrected chi connectivity index (χ4v) is 2.08. The van der Waals surface area contributed by atoms with Crippen LogP contribution in [0.2, 0.25) is 10.0 Å². The van der Waals surface area contributed by atoms with Crippen LogP contribution >= 0.6 is 23.2 Å². The number of pyridine rings is 1. The molecule has 0 atom stereocenters. The smallest absolute Gasteiger partial charge is 0.327 e. The van der Waals surface area contributed by atoms with Crippen molar-refractivity contribution in [2.45, 2.75) is 0 Å². The fourth-order valence-electron chi connectivity index (χ4n) is 1.50. The van der Waals surface area contributed by atoms with E-state index in [1.807, 2.05) is 0 Å². The van der Waals surface area contributed by atoms with Crippen molar-refractivity contribution in [3.8, 4) is 5.75 Å². The van der Waals surface area contributed by atoms with Gasteiger partial charge in [-0.05, 0) is 12.1 Å². The normalized spacial score (nSPS) is 10.7. The topological polar surface area (TPSA) is 96.2 Å². The minimum Gasteiger partial charge on any atom is -0.498 e. The Morgan fingerprint density at radius 3 is 2.59 bits per heavy atom. The molecule has 0 bridgehead atoms. The number of H-pyrrole nitrogens is 1. The van der Waals surface area contributed by atoms with E-state index in [9.17, 15) is 20.0 Å². The van der Waals surface area contributed by atoms with Crippen LogP contribution in [0.4, 0.5) is 5.69 Å². The minimum absolute atomic E-state index is 0.0225. The summed E-state index contributed by atoms with van der Waals surface area (Å²) in [4.78, 5) is 23.5. The molecule has 0 unspecified atom stereocenters. The van der Waals surface area contributed by atoms with Gasteiger partial charge in [0.05, 0.1) is 20.8 Å². The van der Waals surface area contributed by atoms with Crippen molar-refractivity contribution in [2.24, 2.45) is 0 Å². The Morgan fingerprint density at radius 1 is 1.35 bits per heavy atom. The summed E-state index contributed by atoms with van der Waals surface area (Å²) in [5.74, 6) is -0.980. The van der Waals surface area contributed by atoms with Gasteiger partial charge < -0.3 is 10.1 Å². The number of halogens is 2. The van der Waals surface area contributed by atoms with Crippen LogP contribution in [-0.2, 0) is 0 Å². The number of benzene rings is 1. The highest BCUT2D eigenvalue weighted by molar-refractivity contribution is 6.39. The molecule has 17 heavy (non-hydrogen) atoms. The van der Waals surface area contributed by atoms with Crippen molar-refractivity contribution in [1.82, 2.24) is 4.98 Å². The number of nitrogens with zero attached hydrogens (tertiary/aromatic N) is 1. The summed E-state index contributed by atoms with van der Waals surface area (Å²) in [6, 6.07) is 2.60. The zero-order valence-corrected chi connectivity index (χ0v) is 9.54. The molecule has 1 aromatic carbocycles. The SMILES string of the molecule is O=c1[nH]c2cc(Cl)cc(Cl)c2c([N+](=O)[O-])c1O. The summed E-state index contributed by atoms with van der Waals surface area (Å²) in [6.07, 6.45) is 0. The van der Waals surface area contributed by atoms with E-state index in [1.54, 1.807) is 0 Å². The molecule has 1 aromatic heterocycles. The van der Waals surface area contributed by atoms with Crippen LogP contribution in [-0.4, -0.2) is 15.0 Å². The molecule has 2 N–H and O–H groups in total. The van der Waals surface area contributed by atoms with Crippen LogP contribution in [0.15, 0.2) is 16.9 Å². The third-order valence-corrected chi connectivity index (χ3v) is 2.68. The summed E-state index contributed by atoms with van der Waals surface area (Å²) < 4.78 is 0. The molecular weight excluding hydrogens is 271 g/mol. The van der Waals surface area contributed by atoms with Crippen molar-refractivity contribution >= 4 is 39.8 Å². The number of aromatic hydroxyl groups is 1. The lowest BCUT2D eigenvalue weighted by Gasteiger charge is -2.04. The van der Waals surface area contributed by atoms with E-state index in [1.165, 1.54) is 12.1 Å². The van der Waals surface area contributed by atoms with Gasteiger partial charge in [-0.2, -0.15) is 0 Å². The molecule has 0 saturated heterocycles. The molecule has 2 rings (SSSR count). The van der Waals surface area contributed by atoms with Crippen molar-refractivity contribution in [2.75, 3.05) is 0 Å². The van der Waals surface area contributed by atoms with Crippen LogP contribution in [0.5, 0.6) is 5.75 Å². The van der Waals surface area contributed by atoms with E-state index in [0.717, 1.165) is 0 Å². The number of aromatic nitrogens is 1. The lowest BCUT2D eigenvalue weighted by molar-refractivity contribution is -0.384. The Hall–Kier alpha value is -1.79. The third-order valence-electron chi connectivity index (χ3n) is 2.16. The highest BCUT2D eigenvalue weighted by Gasteiger charge is 2.24. The number of nitrogens with one attached hydrogen (secondary N) is 1. The monoisotopic (exact) mass is 274 g/mol. The first-order chi connectivity index (χ1) is 7.91. The largest absolute Gasteiger partial charge is 0.498 e. The zero-order chi connectivity index (χ0) is 12.7. The number of hydrogen-bond acceptors (Lipinski definition) is 4. The molecule has 0 radical (unpaired) electrons. The van der Waals surface area contributed by atoms with E-state index in [-0.39, 0.29) is 20.9 Å². The van der Waals surface area contributed by atoms with E-state index < -0.39 is 21.9 Å². The van der Waals surface area contributed by atoms with E-state index >= 15 is 0 Å². The number of aromatic amines is 1. The molecule has 0 saturated carbocycles. The van der Waals surface area contributed by atoms with Gasteiger partial charge in [-0.3, -0.25) is 14.9 Å². The fraction of sp³-hybridized carbons (Fsp3) is 0. The predicted octanol–water partition coefficient (Wildman–Crippen LogP) is 2.45. The first kappa shape index (κ1) is 11.7. The summed E-state index contributed by atoms with van der Waals surface area (Å²) >= 11 is 11.5. The van der Waals surface area contributed by atoms with E-state index in [2.05, 4.69) is 4.98 Å². The first-order valence-corrected chi connectivity index (χ1v) is 5.06. The number of hydrogen-bond donors (Lipinski definition) is 2. The van der Waals surface area contributed by atoms with Gasteiger partial charge in [0.15, 0.2) is 0 Å². The van der Waals surface area contributed by atoms with Gasteiger partial charge in [-0.25, -0.2) is 0 Å². The van der Waals surface area contributed by atoms with Crippen molar-refractivity contribution in [3.05, 3.63) is 42.6 Å². The molecule has 0 spiro atoms. The van der Waals surface area contributed by atoms with Gasteiger partial charge in [-0.1, -0.05) is 23.2 Å². The number of nitro groups is 1. The molecule has 88 valence electrons. The Kier molecular flexibility index (Phi) is 2.68. The van der Waals surface area contributed by atoms with Gasteiger partial charge in [0.25, 0.3) is 11.3 Å². The van der Waals surface area contributed by atoms with E-state index in [0.29, 0.717) is 0 Å². The average molecular weight is 275 g/mol. The maximum absolute atomic E-state index is 11.3. The molecule has 2 aromatic rings. The summed E-state index contributed by atoms with van der Waals surface area (Å²) in [5.41, 5.74) is -1.61. The lowest BCUT2D eigenvalue weighted by atomic mass is 10.2. The average Bonchev–Trinajstić information content (AvgIpc) is 2.20. The van der Waals surface area contributed by atoms with Crippen molar-refractivity contribution < 1.29 is 10.0 Å². The van der Waals surface area contributed by atoms with Gasteiger partial charge in [0.2, 0.25) is 0 Å². The standard InChI is InChI=1S/C9H4Cl2N2O4/c10-3-1-4(11)6-5(2-3)12-9(15)8(14)7(6)13(16)17/h1-2,14H,(H,12,15).